The molecule has 5 nitrogen and oxygen atoms in total. The Labute approximate surface area is 86.3 Å². The van der Waals surface area contributed by atoms with Crippen molar-refractivity contribution >= 4 is 11.6 Å². The van der Waals surface area contributed by atoms with Gasteiger partial charge in [0.05, 0.1) is 36.3 Å². The van der Waals surface area contributed by atoms with E-state index in [4.69, 9.17) is 11.6 Å². The second kappa shape index (κ2) is 3.79. The van der Waals surface area contributed by atoms with Crippen LogP contribution in [0.5, 0.6) is 0 Å². The molecule has 0 aliphatic carbocycles. The highest BCUT2D eigenvalue weighted by molar-refractivity contribution is 6.16. The highest BCUT2D eigenvalue weighted by Crippen LogP contribution is 2.06. The molecule has 0 bridgehead atoms. The van der Waals surface area contributed by atoms with Crippen LogP contribution in [0.25, 0.3) is 0 Å². The smallest absolute Gasteiger partial charge is 0.0952 e. The van der Waals surface area contributed by atoms with Gasteiger partial charge >= 0.3 is 0 Å². The first-order valence-corrected chi connectivity index (χ1v) is 4.73. The molecule has 2 aromatic heterocycles. The lowest BCUT2D eigenvalue weighted by molar-refractivity contribution is 0.640. The van der Waals surface area contributed by atoms with Crippen molar-refractivity contribution in [1.29, 1.82) is 0 Å². The third kappa shape index (κ3) is 1.63. The lowest BCUT2D eigenvalue weighted by Crippen LogP contribution is -2.06. The van der Waals surface area contributed by atoms with Crippen molar-refractivity contribution in [2.45, 2.75) is 12.4 Å². The van der Waals surface area contributed by atoms with Gasteiger partial charge in [-0.1, -0.05) is 5.21 Å². The Balaban J connectivity index is 2.22. The first kappa shape index (κ1) is 9.21. The van der Waals surface area contributed by atoms with Crippen molar-refractivity contribution in [3.8, 4) is 0 Å². The van der Waals surface area contributed by atoms with E-state index in [1.807, 2.05) is 11.6 Å². The number of hydrogen-bond acceptors (Lipinski definition) is 3. The number of aromatic nitrogens is 5. The second-order valence-corrected chi connectivity index (χ2v) is 3.26. The zero-order valence-electron chi connectivity index (χ0n) is 7.76. The summed E-state index contributed by atoms with van der Waals surface area (Å²) in [6, 6.07) is 0. The highest BCUT2D eigenvalue weighted by atomic mass is 35.5. The molecule has 74 valence electrons. The zero-order valence-corrected chi connectivity index (χ0v) is 8.52. The summed E-state index contributed by atoms with van der Waals surface area (Å²) in [6.07, 6.45) is 5.25. The Morgan fingerprint density at radius 2 is 2.21 bits per heavy atom. The van der Waals surface area contributed by atoms with Crippen LogP contribution in [0, 0.1) is 0 Å². The van der Waals surface area contributed by atoms with Crippen LogP contribution in [0.1, 0.15) is 11.4 Å². The van der Waals surface area contributed by atoms with E-state index in [1.54, 1.807) is 23.4 Å². The van der Waals surface area contributed by atoms with E-state index in [-0.39, 0.29) is 0 Å². The van der Waals surface area contributed by atoms with Gasteiger partial charge in [-0.25, -0.2) is 4.98 Å². The van der Waals surface area contributed by atoms with Crippen LogP contribution in [0.4, 0.5) is 0 Å². The Hall–Kier alpha value is -1.36. The van der Waals surface area contributed by atoms with E-state index in [1.165, 1.54) is 0 Å². The van der Waals surface area contributed by atoms with Crippen LogP contribution in [0.3, 0.4) is 0 Å². The number of alkyl halides is 1. The summed E-state index contributed by atoms with van der Waals surface area (Å²) in [5, 5.41) is 7.66. The normalized spacial score (nSPS) is 10.7. The minimum absolute atomic E-state index is 0.464. The van der Waals surface area contributed by atoms with Gasteiger partial charge in [0.15, 0.2) is 0 Å². The van der Waals surface area contributed by atoms with Crippen LogP contribution in [0.2, 0.25) is 0 Å². The molecule has 0 aromatic carbocycles. The summed E-state index contributed by atoms with van der Waals surface area (Å²) < 4.78 is 3.71. The van der Waals surface area contributed by atoms with Crippen LogP contribution in [-0.2, 0) is 19.5 Å². The maximum absolute atomic E-state index is 5.75. The average molecular weight is 212 g/mol. The molecule has 0 aliphatic rings. The number of aryl methyl sites for hydroxylation is 1. The van der Waals surface area contributed by atoms with E-state index in [9.17, 15) is 0 Å². The molecule has 0 radical (unpaired) electrons. The molecule has 0 amide bonds. The first-order chi connectivity index (χ1) is 6.81. The highest BCUT2D eigenvalue weighted by Gasteiger charge is 2.04. The molecule has 2 aromatic rings. The number of nitrogens with zero attached hydrogens (tertiary/aromatic N) is 5. The molecule has 14 heavy (non-hydrogen) atoms. The fourth-order valence-corrected chi connectivity index (χ4v) is 1.45. The summed E-state index contributed by atoms with van der Waals surface area (Å²) in [5.74, 6) is 0.464. The molecule has 2 heterocycles. The molecule has 0 saturated heterocycles. The molecule has 0 unspecified atom stereocenters. The predicted octanol–water partition coefficient (Wildman–Crippen LogP) is 0.799. The monoisotopic (exact) mass is 211 g/mol. The Kier molecular flexibility index (Phi) is 2.49. The van der Waals surface area contributed by atoms with Gasteiger partial charge < -0.3 is 4.57 Å². The maximum Gasteiger partial charge on any atom is 0.0952 e. The fraction of sp³-hybridized carbons (Fsp3) is 0.375. The fourth-order valence-electron chi connectivity index (χ4n) is 1.23. The van der Waals surface area contributed by atoms with E-state index >= 15 is 0 Å². The molecule has 0 fully saturated rings. The van der Waals surface area contributed by atoms with Gasteiger partial charge in [-0.3, -0.25) is 4.68 Å². The summed E-state index contributed by atoms with van der Waals surface area (Å²) in [7, 11) is 1.86. The minimum atomic E-state index is 0.464. The number of imidazole rings is 1. The molecule has 0 N–H and O–H groups in total. The van der Waals surface area contributed by atoms with Crippen molar-refractivity contribution < 1.29 is 0 Å². The van der Waals surface area contributed by atoms with Gasteiger partial charge in [0, 0.05) is 13.2 Å². The van der Waals surface area contributed by atoms with E-state index < -0.39 is 0 Å². The van der Waals surface area contributed by atoms with E-state index in [0.717, 1.165) is 11.4 Å². The summed E-state index contributed by atoms with van der Waals surface area (Å²) >= 11 is 5.75. The van der Waals surface area contributed by atoms with Gasteiger partial charge in [-0.2, -0.15) is 0 Å². The van der Waals surface area contributed by atoms with Gasteiger partial charge in [-0.15, -0.1) is 16.7 Å². The zero-order chi connectivity index (χ0) is 9.97. The van der Waals surface area contributed by atoms with E-state index in [2.05, 4.69) is 15.3 Å². The van der Waals surface area contributed by atoms with Crippen molar-refractivity contribution in [3.05, 3.63) is 30.1 Å². The molecule has 0 aliphatic heterocycles. The molecule has 0 atom stereocenters. The van der Waals surface area contributed by atoms with Gasteiger partial charge in [0.2, 0.25) is 0 Å². The van der Waals surface area contributed by atoms with Gasteiger partial charge in [-0.05, 0) is 0 Å². The lowest BCUT2D eigenvalue weighted by Gasteiger charge is -2.04. The molecule has 0 spiro atoms. The third-order valence-electron chi connectivity index (χ3n) is 2.08. The molecule has 6 heteroatoms. The summed E-state index contributed by atoms with van der Waals surface area (Å²) in [6.45, 7) is 0.700. The van der Waals surface area contributed by atoms with E-state index in [0.29, 0.717) is 12.4 Å². The Bertz CT molecular complexity index is 419. The van der Waals surface area contributed by atoms with Crippen LogP contribution in [0.15, 0.2) is 18.7 Å². The Morgan fingerprint density at radius 1 is 1.36 bits per heavy atom. The predicted molar refractivity (Wildman–Crippen MR) is 51.9 cm³/mol. The number of hydrogen-bond donors (Lipinski definition) is 0. The number of halogens is 1. The molecule has 2 rings (SSSR count). The van der Waals surface area contributed by atoms with Crippen LogP contribution < -0.4 is 0 Å². The lowest BCUT2D eigenvalue weighted by atomic mass is 10.4. The van der Waals surface area contributed by atoms with Crippen molar-refractivity contribution in [2.75, 3.05) is 0 Å². The third-order valence-corrected chi connectivity index (χ3v) is 2.35. The topological polar surface area (TPSA) is 48.5 Å². The Morgan fingerprint density at radius 3 is 2.86 bits per heavy atom. The average Bonchev–Trinajstić information content (AvgIpc) is 2.77. The van der Waals surface area contributed by atoms with Crippen molar-refractivity contribution in [3.63, 3.8) is 0 Å². The standard InChI is InChI=1S/C8H10ClN5/c1-13-8(4-11-12-13)5-14-6-10-3-7(14)2-9/h3-4,6H,2,5H2,1H3. The summed E-state index contributed by atoms with van der Waals surface area (Å²) in [5.41, 5.74) is 2.02. The largest absolute Gasteiger partial charge is 0.327 e. The van der Waals surface area contributed by atoms with Gasteiger partial charge in [0.1, 0.15) is 0 Å². The quantitative estimate of drug-likeness (QED) is 0.706. The van der Waals surface area contributed by atoms with Crippen molar-refractivity contribution in [1.82, 2.24) is 24.5 Å². The van der Waals surface area contributed by atoms with Crippen LogP contribution >= 0.6 is 11.6 Å². The SMILES string of the molecule is Cn1nncc1Cn1cncc1CCl. The second-order valence-electron chi connectivity index (χ2n) is 3.00. The molecule has 0 saturated carbocycles. The summed E-state index contributed by atoms with van der Waals surface area (Å²) in [4.78, 5) is 4.03. The molecular weight excluding hydrogens is 202 g/mol. The first-order valence-electron chi connectivity index (χ1n) is 4.20. The van der Waals surface area contributed by atoms with Crippen molar-refractivity contribution in [2.24, 2.45) is 7.05 Å². The maximum atomic E-state index is 5.75. The molecular formula is C8H10ClN5. The minimum Gasteiger partial charge on any atom is -0.327 e. The van der Waals surface area contributed by atoms with Crippen LogP contribution in [-0.4, -0.2) is 24.5 Å². The number of rotatable bonds is 3. The van der Waals surface area contributed by atoms with Gasteiger partial charge in [0.25, 0.3) is 0 Å².